The number of nitrogens with one attached hydrogen (secondary N) is 1. The first kappa shape index (κ1) is 39.8. The van der Waals surface area contributed by atoms with Crippen molar-refractivity contribution in [3.63, 3.8) is 0 Å². The molecule has 0 aliphatic carbocycles. The number of hydrogen-bond acceptors (Lipinski definition) is 8. The van der Waals surface area contributed by atoms with Crippen LogP contribution in [0.3, 0.4) is 0 Å². The Bertz CT molecular complexity index is 1180. The van der Waals surface area contributed by atoms with Gasteiger partial charge >= 0.3 is 36.4 Å². The monoisotopic (exact) mass is 680 g/mol. The van der Waals surface area contributed by atoms with E-state index in [4.69, 9.17) is 34.4 Å². The van der Waals surface area contributed by atoms with Gasteiger partial charge in [-0.05, 0) is 49.4 Å². The summed E-state index contributed by atoms with van der Waals surface area (Å²) in [5.74, 6) is -7.34. The van der Waals surface area contributed by atoms with E-state index in [1.807, 2.05) is 42.9 Å². The molecule has 11 nitrogen and oxygen atoms in total. The molecule has 0 unspecified atom stereocenters. The number of likely N-dealkylation sites (tertiary alicyclic amines) is 1. The average molecular weight is 681 g/mol. The minimum Gasteiger partial charge on any atom is -0.475 e. The Hall–Kier alpha value is -4.20. The summed E-state index contributed by atoms with van der Waals surface area (Å²) < 4.78 is 102. The lowest BCUT2D eigenvalue weighted by atomic mass is 9.90. The Kier molecular flexibility index (Phi) is 15.1. The van der Waals surface area contributed by atoms with Gasteiger partial charge in [-0.15, -0.1) is 0 Å². The van der Waals surface area contributed by atoms with Gasteiger partial charge in [0.05, 0.1) is 11.7 Å². The van der Waals surface area contributed by atoms with Crippen LogP contribution in [-0.4, -0.2) is 98.0 Å². The topological polar surface area (TPSA) is 162 Å². The van der Waals surface area contributed by atoms with Crippen molar-refractivity contribution in [3.8, 4) is 0 Å². The Balaban J connectivity index is 0.000000413. The first-order chi connectivity index (χ1) is 21.1. The quantitative estimate of drug-likeness (QED) is 0.315. The van der Waals surface area contributed by atoms with E-state index < -0.39 is 36.4 Å². The van der Waals surface area contributed by atoms with Crippen molar-refractivity contribution in [2.24, 2.45) is 0 Å². The lowest BCUT2D eigenvalue weighted by molar-refractivity contribution is -0.193. The van der Waals surface area contributed by atoms with Gasteiger partial charge in [-0.1, -0.05) is 12.1 Å². The number of hydrogen-bond donors (Lipinski definition) is 4. The second-order valence-corrected chi connectivity index (χ2v) is 9.64. The van der Waals surface area contributed by atoms with Crippen LogP contribution in [0.2, 0.25) is 0 Å². The molecule has 4 N–H and O–H groups in total. The summed E-state index contributed by atoms with van der Waals surface area (Å²) in [5.41, 5.74) is 1.32. The third kappa shape index (κ3) is 15.7. The molecule has 4 heterocycles. The summed E-state index contributed by atoms with van der Waals surface area (Å²) in [5, 5.41) is 24.8. The fourth-order valence-corrected chi connectivity index (χ4v) is 4.07. The van der Waals surface area contributed by atoms with E-state index in [0.29, 0.717) is 0 Å². The molecule has 0 radical (unpaired) electrons. The van der Waals surface area contributed by atoms with Gasteiger partial charge in [0.15, 0.2) is 0 Å². The Morgan fingerprint density at radius 2 is 1.43 bits per heavy atom. The zero-order valence-corrected chi connectivity index (χ0v) is 23.6. The molecule has 2 aliphatic heterocycles. The van der Waals surface area contributed by atoms with Gasteiger partial charge in [0, 0.05) is 44.8 Å². The molecule has 258 valence electrons. The number of carbonyl (C=O) groups is 3. The highest BCUT2D eigenvalue weighted by atomic mass is 19.4. The maximum absolute atomic E-state index is 10.6. The molecule has 0 saturated carbocycles. The summed E-state index contributed by atoms with van der Waals surface area (Å²) in [6.07, 6.45) is -4.68. The number of nitrogens with zero attached hydrogens (tertiary/aromatic N) is 3. The van der Waals surface area contributed by atoms with Crippen LogP contribution in [0.4, 0.5) is 45.3 Å². The second-order valence-electron chi connectivity index (χ2n) is 9.64. The molecular formula is C26H29F9N4O7. The standard InChI is InChI=1S/C20H26N4O.3C2HF3O2/c1-2-11-22-19(7-1)23-14-18-6-3-8-20(25-18)9-12-24(16-20)15-17-5-4-10-21-13-17;3*3-2(4,5)1(6)7/h1-2,4-5,7,10-11,13,18H,3,6,8-9,12,14-16H2,(H,22,23);3*(H,6,7)/t18-,20-;;;/m1.../s1. The summed E-state index contributed by atoms with van der Waals surface area (Å²) in [4.78, 5) is 37.7. The lowest BCUT2D eigenvalue weighted by Gasteiger charge is -2.39. The zero-order valence-electron chi connectivity index (χ0n) is 23.6. The van der Waals surface area contributed by atoms with Crippen LogP contribution in [0.25, 0.3) is 0 Å². The molecule has 2 saturated heterocycles. The van der Waals surface area contributed by atoms with E-state index >= 15 is 0 Å². The molecule has 20 heteroatoms. The molecule has 2 atom stereocenters. The third-order valence-electron chi connectivity index (χ3n) is 6.00. The number of carboxylic acids is 3. The maximum atomic E-state index is 10.6. The molecule has 2 fully saturated rings. The van der Waals surface area contributed by atoms with Gasteiger partial charge in [-0.3, -0.25) is 9.88 Å². The fourth-order valence-electron chi connectivity index (χ4n) is 4.07. The summed E-state index contributed by atoms with van der Waals surface area (Å²) >= 11 is 0. The van der Waals surface area contributed by atoms with Crippen LogP contribution in [0, 0.1) is 0 Å². The highest BCUT2D eigenvalue weighted by molar-refractivity contribution is 5.73. The van der Waals surface area contributed by atoms with E-state index in [9.17, 15) is 39.5 Å². The van der Waals surface area contributed by atoms with Crippen LogP contribution in [0.5, 0.6) is 0 Å². The zero-order chi connectivity index (χ0) is 35.2. The maximum Gasteiger partial charge on any atom is 0.490 e. The highest BCUT2D eigenvalue weighted by Crippen LogP contribution is 2.37. The summed E-state index contributed by atoms with van der Waals surface area (Å²) in [6, 6.07) is 10.1. The van der Waals surface area contributed by atoms with Crippen LogP contribution >= 0.6 is 0 Å². The van der Waals surface area contributed by atoms with Crippen LogP contribution in [-0.2, 0) is 25.7 Å². The smallest absolute Gasteiger partial charge is 0.475 e. The summed E-state index contributed by atoms with van der Waals surface area (Å²) in [7, 11) is 0. The minimum atomic E-state index is -5.08. The molecule has 0 aromatic carbocycles. The van der Waals surface area contributed by atoms with Gasteiger partial charge in [-0.25, -0.2) is 19.4 Å². The SMILES string of the molecule is O=C(O)C(F)(F)F.O=C(O)C(F)(F)F.O=C(O)C(F)(F)F.c1ccc(NC[C@H]2CCC[C@]3(CCN(Cc4cccnc4)C3)O2)nc1. The number of aromatic nitrogens is 2. The number of halogens is 9. The molecule has 2 aliphatic rings. The molecule has 0 amide bonds. The number of alkyl halides is 9. The number of pyridine rings is 2. The average Bonchev–Trinajstić information content (AvgIpc) is 3.33. The number of aliphatic carboxylic acids is 3. The van der Waals surface area contributed by atoms with E-state index in [2.05, 4.69) is 26.3 Å². The van der Waals surface area contributed by atoms with Crippen LogP contribution in [0.15, 0.2) is 48.9 Å². The molecular weight excluding hydrogens is 651 g/mol. The largest absolute Gasteiger partial charge is 0.490 e. The molecule has 46 heavy (non-hydrogen) atoms. The van der Waals surface area contributed by atoms with Gasteiger partial charge in [0.2, 0.25) is 0 Å². The van der Waals surface area contributed by atoms with Crippen molar-refractivity contribution in [1.82, 2.24) is 14.9 Å². The van der Waals surface area contributed by atoms with E-state index in [0.717, 1.165) is 44.8 Å². The normalized spacial score (nSPS) is 19.7. The van der Waals surface area contributed by atoms with Crippen molar-refractivity contribution < 1.29 is 74.0 Å². The van der Waals surface area contributed by atoms with Crippen molar-refractivity contribution in [2.75, 3.05) is 25.0 Å². The second kappa shape index (κ2) is 17.5. The van der Waals surface area contributed by atoms with Gasteiger partial charge < -0.3 is 25.4 Å². The van der Waals surface area contributed by atoms with Crippen molar-refractivity contribution in [3.05, 3.63) is 54.5 Å². The molecule has 1 spiro atoms. The van der Waals surface area contributed by atoms with Crippen LogP contribution in [0.1, 0.15) is 31.2 Å². The van der Waals surface area contributed by atoms with Gasteiger partial charge in [0.25, 0.3) is 0 Å². The van der Waals surface area contributed by atoms with Crippen molar-refractivity contribution in [2.45, 2.75) is 62.5 Å². The highest BCUT2D eigenvalue weighted by Gasteiger charge is 2.43. The predicted octanol–water partition coefficient (Wildman–Crippen LogP) is 5.00. The molecule has 2 aromatic rings. The number of ether oxygens (including phenoxy) is 1. The van der Waals surface area contributed by atoms with E-state index in [1.165, 1.54) is 18.4 Å². The number of carboxylic acid groups (broad SMARTS) is 3. The predicted molar refractivity (Wildman–Crippen MR) is 139 cm³/mol. The van der Waals surface area contributed by atoms with Crippen molar-refractivity contribution in [1.29, 1.82) is 0 Å². The van der Waals surface area contributed by atoms with Gasteiger partial charge in [0.1, 0.15) is 5.82 Å². The first-order valence-electron chi connectivity index (χ1n) is 13.0. The van der Waals surface area contributed by atoms with E-state index in [-0.39, 0.29) is 11.7 Å². The van der Waals surface area contributed by atoms with Crippen LogP contribution < -0.4 is 5.32 Å². The Morgan fingerprint density at radius 3 is 1.89 bits per heavy atom. The lowest BCUT2D eigenvalue weighted by Crippen LogP contribution is -2.45. The fraction of sp³-hybridized carbons (Fsp3) is 0.500. The minimum absolute atomic E-state index is 0.0386. The van der Waals surface area contributed by atoms with Gasteiger partial charge in [-0.2, -0.15) is 39.5 Å². The molecule has 2 aromatic heterocycles. The molecule has 4 rings (SSSR count). The third-order valence-corrected chi connectivity index (χ3v) is 6.00. The Labute approximate surface area is 255 Å². The summed E-state index contributed by atoms with van der Waals surface area (Å²) in [6.45, 7) is 3.94. The van der Waals surface area contributed by atoms with E-state index in [1.54, 1.807) is 0 Å². The number of anilines is 1. The molecule has 0 bridgehead atoms. The Morgan fingerprint density at radius 1 is 0.870 bits per heavy atom. The number of rotatable bonds is 5. The van der Waals surface area contributed by atoms with Crippen molar-refractivity contribution >= 4 is 23.7 Å². The first-order valence-corrected chi connectivity index (χ1v) is 13.0.